The van der Waals surface area contributed by atoms with Crippen molar-refractivity contribution in [2.24, 2.45) is 0 Å². The van der Waals surface area contributed by atoms with Gasteiger partial charge in [0.15, 0.2) is 3.79 Å². The van der Waals surface area contributed by atoms with Crippen LogP contribution in [-0.4, -0.2) is 8.50 Å². The third-order valence-electron chi connectivity index (χ3n) is 1.67. The van der Waals surface area contributed by atoms with Crippen molar-refractivity contribution in [2.75, 3.05) is 0 Å². The summed E-state index contributed by atoms with van der Waals surface area (Å²) in [5.74, 6) is 0.829. The molecule has 15 heavy (non-hydrogen) atoms. The van der Waals surface area contributed by atoms with Crippen molar-refractivity contribution in [3.63, 3.8) is 0 Å². The molecule has 1 unspecified atom stereocenters. The summed E-state index contributed by atoms with van der Waals surface area (Å²) in [5, 5.41) is 0. The first-order chi connectivity index (χ1) is 6.97. The molecule has 5 heteroatoms. The minimum atomic E-state index is -1.27. The van der Waals surface area contributed by atoms with Crippen LogP contribution in [0, 0.1) is 0 Å². The van der Waals surface area contributed by atoms with E-state index < -0.39 is 3.79 Å². The zero-order valence-electron chi connectivity index (χ0n) is 7.80. The Kier molecular flexibility index (Phi) is 5.94. The molecule has 1 aromatic carbocycles. The van der Waals surface area contributed by atoms with E-state index in [9.17, 15) is 0 Å². The molecule has 0 N–H and O–H groups in total. The second-order valence-corrected chi connectivity index (χ2v) is 7.52. The number of alkyl halides is 4. The Morgan fingerprint density at radius 1 is 1.13 bits per heavy atom. The molecule has 0 saturated heterocycles. The van der Waals surface area contributed by atoms with Gasteiger partial charge in [0, 0.05) is 12.2 Å². The molecule has 0 heterocycles. The molecule has 0 aliphatic heterocycles. The lowest BCUT2D eigenvalue weighted by atomic mass is 10.2. The molecule has 0 spiro atoms. The summed E-state index contributed by atoms with van der Waals surface area (Å²) < 4.78 is -1.45. The Hall–Kier alpha value is 0.730. The number of benzene rings is 1. The van der Waals surface area contributed by atoms with Gasteiger partial charge >= 0.3 is 0 Å². The maximum Gasteiger partial charge on any atom is 0.192 e. The monoisotopic (exact) mass is 302 g/mol. The zero-order valence-corrected chi connectivity index (χ0v) is 11.6. The molecule has 0 nitrogen and oxygen atoms in total. The van der Waals surface area contributed by atoms with Crippen LogP contribution in [0.5, 0.6) is 0 Å². The minimum Gasteiger partial charge on any atom is -0.137 e. The highest BCUT2D eigenvalue weighted by molar-refractivity contribution is 8.00. The summed E-state index contributed by atoms with van der Waals surface area (Å²) in [4.78, 5) is 0. The van der Waals surface area contributed by atoms with E-state index >= 15 is 0 Å². The third-order valence-corrected chi connectivity index (χ3v) is 3.69. The third kappa shape index (κ3) is 6.80. The quantitative estimate of drug-likeness (QED) is 0.685. The summed E-state index contributed by atoms with van der Waals surface area (Å²) in [6, 6.07) is 10.1. The Labute approximate surface area is 114 Å². The van der Waals surface area contributed by atoms with Crippen molar-refractivity contribution in [3.05, 3.63) is 35.9 Å². The summed E-state index contributed by atoms with van der Waals surface area (Å²) in [6.45, 7) is 0. The van der Waals surface area contributed by atoms with Gasteiger partial charge in [-0.25, -0.2) is 0 Å². The van der Waals surface area contributed by atoms with Crippen molar-refractivity contribution in [1.82, 2.24) is 0 Å². The van der Waals surface area contributed by atoms with Gasteiger partial charge in [-0.15, -0.1) is 23.4 Å². The SMILES string of the molecule is ClC(CC(Cl)(Cl)Cl)SCc1ccccc1. The molecule has 0 aliphatic rings. The van der Waals surface area contributed by atoms with E-state index in [1.165, 1.54) is 5.56 Å². The highest BCUT2D eigenvalue weighted by atomic mass is 35.6. The molecule has 0 aromatic heterocycles. The average molecular weight is 304 g/mol. The van der Waals surface area contributed by atoms with Crippen LogP contribution in [0.2, 0.25) is 0 Å². The van der Waals surface area contributed by atoms with E-state index in [0.717, 1.165) is 5.75 Å². The second kappa shape index (κ2) is 6.46. The molecule has 1 atom stereocenters. The van der Waals surface area contributed by atoms with Crippen LogP contribution in [0.25, 0.3) is 0 Å². The van der Waals surface area contributed by atoms with Crippen molar-refractivity contribution in [3.8, 4) is 0 Å². The highest BCUT2D eigenvalue weighted by Gasteiger charge is 2.24. The van der Waals surface area contributed by atoms with Crippen molar-refractivity contribution in [1.29, 1.82) is 0 Å². The lowest BCUT2D eigenvalue weighted by Crippen LogP contribution is -2.08. The molecule has 0 radical (unpaired) electrons. The lowest BCUT2D eigenvalue weighted by molar-refractivity contribution is 0.944. The Bertz CT molecular complexity index is 283. The van der Waals surface area contributed by atoms with E-state index in [1.807, 2.05) is 30.3 Å². The minimum absolute atomic E-state index is 0.183. The predicted octanol–water partition coefficient (Wildman–Crippen LogP) is 5.25. The van der Waals surface area contributed by atoms with Gasteiger partial charge in [-0.2, -0.15) is 0 Å². The summed E-state index contributed by atoms with van der Waals surface area (Å²) in [7, 11) is 0. The number of halogens is 4. The predicted molar refractivity (Wildman–Crippen MR) is 72.3 cm³/mol. The van der Waals surface area contributed by atoms with Crippen molar-refractivity contribution in [2.45, 2.75) is 20.7 Å². The van der Waals surface area contributed by atoms with E-state index in [0.29, 0.717) is 6.42 Å². The van der Waals surface area contributed by atoms with Gasteiger partial charge < -0.3 is 0 Å². The van der Waals surface area contributed by atoms with E-state index in [-0.39, 0.29) is 4.71 Å². The largest absolute Gasteiger partial charge is 0.192 e. The number of hydrogen-bond donors (Lipinski definition) is 0. The maximum absolute atomic E-state index is 6.02. The first-order valence-electron chi connectivity index (χ1n) is 4.34. The highest BCUT2D eigenvalue weighted by Crippen LogP contribution is 2.37. The first-order valence-corrected chi connectivity index (χ1v) is 6.95. The summed E-state index contributed by atoms with van der Waals surface area (Å²) in [6.07, 6.45) is 0.344. The van der Waals surface area contributed by atoms with Gasteiger partial charge in [0.05, 0.1) is 4.71 Å². The van der Waals surface area contributed by atoms with E-state index in [4.69, 9.17) is 46.4 Å². The zero-order chi connectivity index (χ0) is 11.3. The molecular formula is C10H10Cl4S. The lowest BCUT2D eigenvalue weighted by Gasteiger charge is -2.15. The van der Waals surface area contributed by atoms with Crippen LogP contribution in [0.3, 0.4) is 0 Å². The van der Waals surface area contributed by atoms with Crippen LogP contribution in [0.15, 0.2) is 30.3 Å². The molecule has 0 amide bonds. The molecule has 84 valence electrons. The molecule has 1 aromatic rings. The van der Waals surface area contributed by atoms with Crippen molar-refractivity contribution < 1.29 is 0 Å². The van der Waals surface area contributed by atoms with Gasteiger partial charge in [0.2, 0.25) is 0 Å². The average Bonchev–Trinajstić information content (AvgIpc) is 2.14. The van der Waals surface area contributed by atoms with Crippen LogP contribution < -0.4 is 0 Å². The topological polar surface area (TPSA) is 0 Å². The van der Waals surface area contributed by atoms with Crippen LogP contribution in [0.1, 0.15) is 12.0 Å². The van der Waals surface area contributed by atoms with Crippen LogP contribution >= 0.6 is 58.2 Å². The van der Waals surface area contributed by atoms with Crippen molar-refractivity contribution >= 4 is 58.2 Å². The molecule has 0 bridgehead atoms. The van der Waals surface area contributed by atoms with Gasteiger partial charge in [0.1, 0.15) is 0 Å². The fourth-order valence-electron chi connectivity index (χ4n) is 1.00. The number of rotatable bonds is 4. The van der Waals surface area contributed by atoms with Gasteiger partial charge in [-0.05, 0) is 5.56 Å². The Balaban J connectivity index is 2.32. The van der Waals surface area contributed by atoms with Crippen LogP contribution in [0.4, 0.5) is 0 Å². The van der Waals surface area contributed by atoms with Gasteiger partial charge in [-0.1, -0.05) is 65.1 Å². The Morgan fingerprint density at radius 2 is 1.73 bits per heavy atom. The summed E-state index contributed by atoms with van der Waals surface area (Å²) >= 11 is 24.5. The molecule has 0 fully saturated rings. The maximum atomic E-state index is 6.02. The molecule has 1 rings (SSSR count). The summed E-state index contributed by atoms with van der Waals surface area (Å²) in [5.41, 5.74) is 1.22. The fraction of sp³-hybridized carbons (Fsp3) is 0.400. The molecule has 0 aliphatic carbocycles. The second-order valence-electron chi connectivity index (χ2n) is 3.03. The Morgan fingerprint density at radius 3 is 2.27 bits per heavy atom. The van der Waals surface area contributed by atoms with Gasteiger partial charge in [-0.3, -0.25) is 0 Å². The number of hydrogen-bond acceptors (Lipinski definition) is 1. The molecular weight excluding hydrogens is 294 g/mol. The van der Waals surface area contributed by atoms with E-state index in [1.54, 1.807) is 11.8 Å². The fourth-order valence-corrected chi connectivity index (χ4v) is 3.33. The van der Waals surface area contributed by atoms with E-state index in [2.05, 4.69) is 0 Å². The standard InChI is InChI=1S/C10H10Cl4S/c11-9(6-10(12,13)14)15-7-8-4-2-1-3-5-8/h1-5,9H,6-7H2. The normalized spacial score (nSPS) is 13.9. The van der Waals surface area contributed by atoms with Crippen LogP contribution in [-0.2, 0) is 5.75 Å². The molecule has 0 saturated carbocycles. The first kappa shape index (κ1) is 13.8. The number of thioether (sulfide) groups is 1. The van der Waals surface area contributed by atoms with Gasteiger partial charge in [0.25, 0.3) is 0 Å². The smallest absolute Gasteiger partial charge is 0.137 e.